The highest BCUT2D eigenvalue weighted by molar-refractivity contribution is 6.08. The molecular formula is C20H26N4O6. The fraction of sp³-hybridized carbons (Fsp3) is 0.500. The molecule has 0 aromatic heterocycles. The average molecular weight is 418 g/mol. The summed E-state index contributed by atoms with van der Waals surface area (Å²) in [5, 5.41) is 5.16. The van der Waals surface area contributed by atoms with E-state index in [1.807, 2.05) is 12.1 Å². The minimum atomic E-state index is -1.09. The van der Waals surface area contributed by atoms with Crippen LogP contribution in [-0.4, -0.2) is 73.2 Å². The number of carbonyl (C=O) groups is 4. The maximum atomic E-state index is 12.3. The molecular weight excluding hydrogens is 392 g/mol. The van der Waals surface area contributed by atoms with Gasteiger partial charge in [0.05, 0.1) is 13.2 Å². The van der Waals surface area contributed by atoms with Gasteiger partial charge in [-0.25, -0.2) is 4.79 Å². The van der Waals surface area contributed by atoms with Gasteiger partial charge >= 0.3 is 12.0 Å². The van der Waals surface area contributed by atoms with Gasteiger partial charge in [0, 0.05) is 24.5 Å². The smallest absolute Gasteiger partial charge is 0.327 e. The number of nitrogens with one attached hydrogen (secondary N) is 2. The summed E-state index contributed by atoms with van der Waals surface area (Å²) in [4.78, 5) is 51.3. The molecule has 10 heteroatoms. The van der Waals surface area contributed by atoms with Gasteiger partial charge in [-0.3, -0.25) is 19.3 Å². The third-order valence-corrected chi connectivity index (χ3v) is 4.92. The zero-order valence-corrected chi connectivity index (χ0v) is 17.3. The highest BCUT2D eigenvalue weighted by Gasteiger charge is 2.45. The standard InChI is InChI=1S/C20H26N4O6/c1-13(30-16(25)12-24-18(27)20(2,3)22-19(24)28)17(26)21-14-4-6-15(7-5-14)23-8-10-29-11-9-23/h4-7,13H,8-12H2,1-3H3,(H,21,26)(H,22,28)/t13-/m0/s1. The molecule has 0 bridgehead atoms. The quantitative estimate of drug-likeness (QED) is 0.516. The van der Waals surface area contributed by atoms with E-state index in [1.165, 1.54) is 6.92 Å². The molecule has 10 nitrogen and oxygen atoms in total. The van der Waals surface area contributed by atoms with Crippen LogP contribution in [0.2, 0.25) is 0 Å². The van der Waals surface area contributed by atoms with Gasteiger partial charge in [0.2, 0.25) is 0 Å². The minimum Gasteiger partial charge on any atom is -0.451 e. The van der Waals surface area contributed by atoms with Crippen molar-refractivity contribution >= 4 is 35.2 Å². The van der Waals surface area contributed by atoms with Crippen LogP contribution in [0.1, 0.15) is 20.8 Å². The second-order valence-corrected chi connectivity index (χ2v) is 7.71. The lowest BCUT2D eigenvalue weighted by Gasteiger charge is -2.28. The molecule has 1 aromatic carbocycles. The molecule has 2 N–H and O–H groups in total. The van der Waals surface area contributed by atoms with E-state index >= 15 is 0 Å². The molecule has 3 rings (SSSR count). The molecule has 1 aromatic rings. The topological polar surface area (TPSA) is 117 Å². The zero-order chi connectivity index (χ0) is 21.9. The van der Waals surface area contributed by atoms with Crippen molar-refractivity contribution in [3.05, 3.63) is 24.3 Å². The molecule has 0 saturated carbocycles. The number of imide groups is 1. The highest BCUT2D eigenvalue weighted by atomic mass is 16.5. The van der Waals surface area contributed by atoms with Crippen molar-refractivity contribution < 1.29 is 28.7 Å². The molecule has 0 spiro atoms. The van der Waals surface area contributed by atoms with Gasteiger partial charge in [0.1, 0.15) is 12.1 Å². The number of rotatable bonds is 6. The van der Waals surface area contributed by atoms with Crippen LogP contribution in [0, 0.1) is 0 Å². The Bertz CT molecular complexity index is 832. The summed E-state index contributed by atoms with van der Waals surface area (Å²) in [5.41, 5.74) is 0.524. The SMILES string of the molecule is C[C@H](OC(=O)CN1C(=O)NC(C)(C)C1=O)C(=O)Nc1ccc(N2CCOCC2)cc1. The van der Waals surface area contributed by atoms with E-state index < -0.39 is 42.0 Å². The first-order chi connectivity index (χ1) is 14.2. The first kappa shape index (κ1) is 21.6. The van der Waals surface area contributed by atoms with E-state index in [0.29, 0.717) is 18.9 Å². The highest BCUT2D eigenvalue weighted by Crippen LogP contribution is 2.20. The largest absolute Gasteiger partial charge is 0.451 e. The first-order valence-corrected chi connectivity index (χ1v) is 9.74. The van der Waals surface area contributed by atoms with Crippen LogP contribution in [0.4, 0.5) is 16.2 Å². The van der Waals surface area contributed by atoms with Gasteiger partial charge in [-0.2, -0.15) is 0 Å². The van der Waals surface area contributed by atoms with Crippen LogP contribution in [0.5, 0.6) is 0 Å². The van der Waals surface area contributed by atoms with Crippen molar-refractivity contribution in [1.29, 1.82) is 0 Å². The summed E-state index contributed by atoms with van der Waals surface area (Å²) in [6.07, 6.45) is -1.09. The maximum absolute atomic E-state index is 12.3. The lowest BCUT2D eigenvalue weighted by atomic mass is 10.1. The van der Waals surface area contributed by atoms with Crippen LogP contribution in [0.15, 0.2) is 24.3 Å². The monoisotopic (exact) mass is 418 g/mol. The first-order valence-electron chi connectivity index (χ1n) is 9.74. The summed E-state index contributed by atoms with van der Waals surface area (Å²) >= 11 is 0. The van der Waals surface area contributed by atoms with E-state index in [1.54, 1.807) is 26.0 Å². The van der Waals surface area contributed by atoms with Crippen LogP contribution in [-0.2, 0) is 23.9 Å². The minimum absolute atomic E-state index is 0.514. The molecule has 0 aliphatic carbocycles. The number of amides is 4. The van der Waals surface area contributed by atoms with Gasteiger partial charge < -0.3 is 25.0 Å². The Morgan fingerprint density at radius 2 is 1.83 bits per heavy atom. The van der Waals surface area contributed by atoms with Gasteiger partial charge in [-0.05, 0) is 45.0 Å². The van der Waals surface area contributed by atoms with Crippen molar-refractivity contribution in [2.24, 2.45) is 0 Å². The summed E-state index contributed by atoms with van der Waals surface area (Å²) in [7, 11) is 0. The summed E-state index contributed by atoms with van der Waals surface area (Å²) in [6, 6.07) is 6.67. The lowest BCUT2D eigenvalue weighted by molar-refractivity contribution is -0.155. The molecule has 1 atom stereocenters. The van der Waals surface area contributed by atoms with Crippen LogP contribution in [0.3, 0.4) is 0 Å². The zero-order valence-electron chi connectivity index (χ0n) is 17.3. The third kappa shape index (κ3) is 4.88. The van der Waals surface area contributed by atoms with Gasteiger partial charge in [0.25, 0.3) is 11.8 Å². The number of esters is 1. The van der Waals surface area contributed by atoms with Crippen molar-refractivity contribution in [2.75, 3.05) is 43.1 Å². The second-order valence-electron chi connectivity index (χ2n) is 7.71. The maximum Gasteiger partial charge on any atom is 0.327 e. The number of urea groups is 1. The molecule has 0 radical (unpaired) electrons. The third-order valence-electron chi connectivity index (χ3n) is 4.92. The Kier molecular flexibility index (Phi) is 6.25. The van der Waals surface area contributed by atoms with Crippen LogP contribution in [0.25, 0.3) is 0 Å². The number of hydrogen-bond acceptors (Lipinski definition) is 7. The normalized spacial score (nSPS) is 19.3. The number of benzene rings is 1. The predicted octanol–water partition coefficient (Wildman–Crippen LogP) is 0.724. The number of carbonyl (C=O) groups excluding carboxylic acids is 4. The van der Waals surface area contributed by atoms with Gasteiger partial charge in [0.15, 0.2) is 6.10 Å². The molecule has 4 amide bonds. The Hall–Kier alpha value is -3.14. The summed E-state index contributed by atoms with van der Waals surface area (Å²) in [6.45, 7) is 6.94. The Labute approximate surface area is 174 Å². The molecule has 162 valence electrons. The molecule has 30 heavy (non-hydrogen) atoms. The number of ether oxygens (including phenoxy) is 2. The van der Waals surface area contributed by atoms with E-state index in [-0.39, 0.29) is 0 Å². The molecule has 2 aliphatic rings. The van der Waals surface area contributed by atoms with E-state index in [9.17, 15) is 19.2 Å². The van der Waals surface area contributed by atoms with Crippen molar-refractivity contribution in [3.63, 3.8) is 0 Å². The Morgan fingerprint density at radius 1 is 1.20 bits per heavy atom. The molecule has 0 unspecified atom stereocenters. The van der Waals surface area contributed by atoms with Gasteiger partial charge in [-0.1, -0.05) is 0 Å². The number of hydrogen-bond donors (Lipinski definition) is 2. The molecule has 2 saturated heterocycles. The van der Waals surface area contributed by atoms with Crippen LogP contribution >= 0.6 is 0 Å². The molecule has 2 fully saturated rings. The Balaban J connectivity index is 1.50. The number of nitrogens with zero attached hydrogens (tertiary/aromatic N) is 2. The number of anilines is 2. The molecule has 2 aliphatic heterocycles. The summed E-state index contributed by atoms with van der Waals surface area (Å²) < 4.78 is 10.4. The lowest BCUT2D eigenvalue weighted by Crippen LogP contribution is -2.42. The summed E-state index contributed by atoms with van der Waals surface area (Å²) in [5.74, 6) is -1.89. The van der Waals surface area contributed by atoms with Crippen LogP contribution < -0.4 is 15.5 Å². The van der Waals surface area contributed by atoms with Crippen molar-refractivity contribution in [1.82, 2.24) is 10.2 Å². The van der Waals surface area contributed by atoms with E-state index in [0.717, 1.165) is 23.7 Å². The number of morpholine rings is 1. The van der Waals surface area contributed by atoms with E-state index in [2.05, 4.69) is 15.5 Å². The fourth-order valence-electron chi connectivity index (χ4n) is 3.20. The predicted molar refractivity (Wildman–Crippen MR) is 108 cm³/mol. The van der Waals surface area contributed by atoms with Crippen molar-refractivity contribution in [2.45, 2.75) is 32.4 Å². The van der Waals surface area contributed by atoms with E-state index in [4.69, 9.17) is 9.47 Å². The Morgan fingerprint density at radius 3 is 2.40 bits per heavy atom. The van der Waals surface area contributed by atoms with Gasteiger partial charge in [-0.15, -0.1) is 0 Å². The average Bonchev–Trinajstić information content (AvgIpc) is 2.90. The second kappa shape index (κ2) is 8.70. The molecule has 2 heterocycles. The van der Waals surface area contributed by atoms with Crippen molar-refractivity contribution in [3.8, 4) is 0 Å². The fourth-order valence-corrected chi connectivity index (χ4v) is 3.20.